The van der Waals surface area contributed by atoms with Crippen molar-refractivity contribution in [2.24, 2.45) is 0 Å². The Morgan fingerprint density at radius 1 is 0.672 bits per heavy atom. The van der Waals surface area contributed by atoms with Crippen molar-refractivity contribution in [2.45, 2.75) is 44.6 Å². The summed E-state index contributed by atoms with van der Waals surface area (Å²) in [5.41, 5.74) is 2.20. The first-order valence-electron chi connectivity index (χ1n) is 19.0. The van der Waals surface area contributed by atoms with Crippen LogP contribution >= 0.6 is 62.3 Å². The summed E-state index contributed by atoms with van der Waals surface area (Å²) in [4.78, 5) is 28.6. The van der Waals surface area contributed by atoms with E-state index in [1.807, 2.05) is 6.07 Å². The molecule has 0 spiro atoms. The van der Waals surface area contributed by atoms with Gasteiger partial charge in [-0.05, 0) is 60.4 Å². The summed E-state index contributed by atoms with van der Waals surface area (Å²) < 4.78 is 86.8. The summed E-state index contributed by atoms with van der Waals surface area (Å²) in [6.45, 7) is 6.13. The molecule has 340 valence electrons. The van der Waals surface area contributed by atoms with Crippen molar-refractivity contribution in [3.63, 3.8) is 0 Å². The number of hydrogen-bond donors (Lipinski definition) is 0. The average Bonchev–Trinajstić information content (AvgIpc) is 3.80. The number of anilines is 2. The number of rotatable bonds is 8. The van der Waals surface area contributed by atoms with Crippen LogP contribution in [-0.2, 0) is 37.7 Å². The molecule has 0 saturated heterocycles. The zero-order chi connectivity index (χ0) is 48.6. The molecule has 0 aliphatic carbocycles. The maximum atomic E-state index is 14.7. The van der Waals surface area contributed by atoms with E-state index in [-0.39, 0.29) is 123 Å². The molecule has 0 fully saturated rings. The van der Waals surface area contributed by atoms with Gasteiger partial charge in [-0.15, -0.1) is 0 Å². The quantitative estimate of drug-likeness (QED) is 0.0645. The van der Waals surface area contributed by atoms with E-state index in [1.54, 1.807) is 12.1 Å². The maximum absolute atomic E-state index is 14.7. The molecule has 4 aromatic carbocycles. The van der Waals surface area contributed by atoms with Crippen LogP contribution in [0.4, 0.5) is 37.7 Å². The van der Waals surface area contributed by atoms with Gasteiger partial charge in [-0.1, -0.05) is 86.6 Å². The van der Waals surface area contributed by atoms with E-state index >= 15 is 0 Å². The molecule has 0 bridgehead atoms. The van der Waals surface area contributed by atoms with E-state index in [4.69, 9.17) is 68.8 Å². The van der Waals surface area contributed by atoms with Crippen LogP contribution < -0.4 is 39.4 Å². The molecular weight excluding hydrogens is 1050 g/mol. The molecule has 2 aromatic heterocycles. The summed E-state index contributed by atoms with van der Waals surface area (Å²) in [6, 6.07) is 17.0. The zero-order valence-electron chi connectivity index (χ0n) is 34.9. The average molecular weight is 1070 g/mol. The minimum Gasteiger partial charge on any atom is -0.512 e. The Balaban J connectivity index is 0.000000264. The number of carbonyl (C=O) groups is 2. The summed E-state index contributed by atoms with van der Waals surface area (Å²) in [7, 11) is 0. The van der Waals surface area contributed by atoms with Crippen LogP contribution in [0.15, 0.2) is 60.7 Å². The van der Waals surface area contributed by atoms with Crippen LogP contribution in [-0.4, -0.2) is 44.5 Å². The Bertz CT molecular complexity index is 2960. The third kappa shape index (κ3) is 11.8. The van der Waals surface area contributed by atoms with Crippen LogP contribution in [0.25, 0.3) is 0 Å². The molecule has 67 heavy (non-hydrogen) atoms. The van der Waals surface area contributed by atoms with Gasteiger partial charge >= 0.3 is 29.6 Å². The molecule has 0 N–H and O–H groups in total. The van der Waals surface area contributed by atoms with E-state index < -0.39 is 46.7 Å². The Labute approximate surface area is 430 Å². The van der Waals surface area contributed by atoms with Gasteiger partial charge in [-0.3, -0.25) is 9.59 Å². The van der Waals surface area contributed by atoms with E-state index in [0.717, 1.165) is 12.1 Å². The predicted octanol–water partition coefficient (Wildman–Crippen LogP) is 8.31. The SMILES string of the molecule is CC#N.N#CCc1cc(Cl)c(F)c(N2CCc3c(nn(Cc4cccc(F)c4F)c3Cl)C2=O)c1.O=C1c2nn(Cc3cccc(F)c3F)c(Cl)c2CCN1c1cc(CBr)cc(Cl)c1F.[C-]#N.[Na+]. The molecule has 0 saturated carbocycles. The predicted molar refractivity (Wildman–Crippen MR) is 237 cm³/mol. The Kier molecular flexibility index (Phi) is 19.8. The van der Waals surface area contributed by atoms with Gasteiger partial charge in [0, 0.05) is 47.6 Å². The zero-order valence-corrected chi connectivity index (χ0v) is 41.5. The first kappa shape index (κ1) is 54.5. The van der Waals surface area contributed by atoms with Gasteiger partial charge in [0.1, 0.15) is 10.3 Å². The second-order valence-corrected chi connectivity index (χ2v) is 16.0. The van der Waals surface area contributed by atoms with Gasteiger partial charge in [0.15, 0.2) is 46.3 Å². The standard InChI is InChI=1S/C21H13Cl2F3N4O.C20H13BrCl2F3N3O.C2H3N.CN.Na/c22-14-8-11(4-6-27)9-16(18(14)26)29-7-5-13-19(21(29)31)28-30(20(13)23)10-12-2-1-3-15(24)17(12)25;21-8-10-6-13(22)17(26)15(7-10)28-5-4-12-18(20(28)30)27-29(19(12)23)9-11-2-1-3-14(24)16(11)25;1-2-3;1-2;/h1-3,8-9H,4-5,7,10H2;1-3,6-7H,4-5,8-9H2;1H3;;/q;;;-1;+1. The van der Waals surface area contributed by atoms with Crippen molar-refractivity contribution in [1.29, 1.82) is 15.8 Å². The molecular formula is C44H29BrCl4F6N9NaO2. The minimum absolute atomic E-state index is 0. The number of aromatic nitrogens is 4. The molecule has 23 heteroatoms. The molecule has 11 nitrogen and oxygen atoms in total. The summed E-state index contributed by atoms with van der Waals surface area (Å²) in [5.74, 6) is -6.65. The number of fused-ring (bicyclic) bond motifs is 2. The second kappa shape index (κ2) is 24.3. The van der Waals surface area contributed by atoms with Gasteiger partial charge in [-0.25, -0.2) is 35.7 Å². The van der Waals surface area contributed by atoms with Crippen LogP contribution in [0.1, 0.15) is 61.3 Å². The van der Waals surface area contributed by atoms with Gasteiger partial charge in [0.25, 0.3) is 11.8 Å². The van der Waals surface area contributed by atoms with Gasteiger partial charge in [-0.2, -0.15) is 20.7 Å². The fraction of sp³-hybridized carbons (Fsp3) is 0.205. The largest absolute Gasteiger partial charge is 1.00 e. The van der Waals surface area contributed by atoms with E-state index in [1.165, 1.54) is 68.6 Å². The third-order valence-electron chi connectivity index (χ3n) is 9.89. The summed E-state index contributed by atoms with van der Waals surface area (Å²) in [5, 5.41) is 31.3. The third-order valence-corrected chi connectivity index (χ3v) is 11.9. The molecule has 2 aliphatic heterocycles. The van der Waals surface area contributed by atoms with Crippen molar-refractivity contribution in [3.05, 3.63) is 167 Å². The van der Waals surface area contributed by atoms with E-state index in [0.29, 0.717) is 34.0 Å². The van der Waals surface area contributed by atoms with Gasteiger partial charge in [0.2, 0.25) is 0 Å². The molecule has 2 amide bonds. The normalized spacial score (nSPS) is 12.4. The van der Waals surface area contributed by atoms with Crippen molar-refractivity contribution in [3.8, 4) is 12.1 Å². The fourth-order valence-corrected chi connectivity index (χ4v) is 8.27. The van der Waals surface area contributed by atoms with Crippen molar-refractivity contribution >= 4 is 85.5 Å². The number of nitrogens with zero attached hydrogens (tertiary/aromatic N) is 9. The van der Waals surface area contributed by atoms with Gasteiger partial charge < -0.3 is 21.6 Å². The Morgan fingerprint density at radius 2 is 1.06 bits per heavy atom. The first-order chi connectivity index (χ1) is 31.5. The number of halogens is 11. The van der Waals surface area contributed by atoms with Crippen molar-refractivity contribution in [1.82, 2.24) is 19.6 Å². The molecule has 0 unspecified atom stereocenters. The topological polar surface area (TPSA) is 148 Å². The Morgan fingerprint density at radius 3 is 1.45 bits per heavy atom. The van der Waals surface area contributed by atoms with Crippen LogP contribution in [0, 0.1) is 69.4 Å². The maximum Gasteiger partial charge on any atom is 1.00 e. The summed E-state index contributed by atoms with van der Waals surface area (Å²) in [6.07, 6.45) is 0.589. The molecule has 0 atom stereocenters. The van der Waals surface area contributed by atoms with Gasteiger partial charge in [0.05, 0.1) is 53.1 Å². The molecule has 0 radical (unpaired) electrons. The Hall–Kier alpha value is -5.07. The molecule has 4 heterocycles. The number of amides is 2. The van der Waals surface area contributed by atoms with Crippen molar-refractivity contribution in [2.75, 3.05) is 22.9 Å². The van der Waals surface area contributed by atoms with E-state index in [9.17, 15) is 35.9 Å². The number of alkyl halides is 1. The molecule has 6 aromatic rings. The van der Waals surface area contributed by atoms with E-state index in [2.05, 4.69) is 26.1 Å². The second-order valence-electron chi connectivity index (χ2n) is 13.9. The first-order valence-corrected chi connectivity index (χ1v) is 21.6. The number of hydrogen-bond acceptors (Lipinski definition) is 7. The monoisotopic (exact) mass is 1070 g/mol. The molecule has 2 aliphatic rings. The van der Waals surface area contributed by atoms with Crippen LogP contribution in [0.5, 0.6) is 0 Å². The summed E-state index contributed by atoms with van der Waals surface area (Å²) >= 11 is 27.9. The smallest absolute Gasteiger partial charge is 0.512 e. The van der Waals surface area contributed by atoms with Crippen LogP contribution in [0.3, 0.4) is 0 Å². The number of benzene rings is 4. The number of carbonyl (C=O) groups excluding carboxylic acids is 2. The molecule has 8 rings (SSSR count). The minimum atomic E-state index is -1.02. The fourth-order valence-electron chi connectivity index (χ4n) is 6.90. The number of nitriles is 2. The van der Waals surface area contributed by atoms with Crippen molar-refractivity contribution < 1.29 is 65.5 Å². The van der Waals surface area contributed by atoms with Crippen LogP contribution in [0.2, 0.25) is 20.4 Å².